The lowest BCUT2D eigenvalue weighted by Crippen LogP contribution is -2.37. The third-order valence-electron chi connectivity index (χ3n) is 8.39. The van der Waals surface area contributed by atoms with E-state index in [0.717, 1.165) is 44.9 Å². The Kier molecular flexibility index (Phi) is 30.4. The third-order valence-corrected chi connectivity index (χ3v) is 9.37. The van der Waals surface area contributed by atoms with Gasteiger partial charge in [-0.2, -0.15) is 0 Å². The molecule has 0 bridgehead atoms. The number of rotatable bonds is 35. The van der Waals surface area contributed by atoms with Crippen LogP contribution in [0.2, 0.25) is 0 Å². The average molecular weight is 693 g/mol. The Morgan fingerprint density at radius 2 is 0.957 bits per heavy atom. The highest BCUT2D eigenvalue weighted by Crippen LogP contribution is 2.43. The molecule has 0 aromatic carbocycles. The topological polar surface area (TPSA) is 108 Å². The lowest BCUT2D eigenvalue weighted by molar-refractivity contribution is -0.870. The molecular formula is C37H75NO8P+. The minimum absolute atomic E-state index is 0.0358. The van der Waals surface area contributed by atoms with Crippen molar-refractivity contribution in [1.29, 1.82) is 0 Å². The molecule has 10 heteroatoms. The molecule has 0 saturated carbocycles. The van der Waals surface area contributed by atoms with Gasteiger partial charge in [-0.3, -0.25) is 18.6 Å². The average Bonchev–Trinajstić information content (AvgIpc) is 3.01. The fourth-order valence-corrected chi connectivity index (χ4v) is 6.05. The molecule has 0 aromatic rings. The third kappa shape index (κ3) is 34.7. The van der Waals surface area contributed by atoms with Crippen LogP contribution in [0.1, 0.15) is 174 Å². The van der Waals surface area contributed by atoms with Gasteiger partial charge in [0.05, 0.1) is 27.7 Å². The Hall–Kier alpha value is -0.990. The summed E-state index contributed by atoms with van der Waals surface area (Å²) in [7, 11) is 1.49. The van der Waals surface area contributed by atoms with Crippen LogP contribution in [0, 0.1) is 0 Å². The van der Waals surface area contributed by atoms with Gasteiger partial charge in [-0.25, -0.2) is 4.57 Å². The zero-order valence-electron chi connectivity index (χ0n) is 31.3. The van der Waals surface area contributed by atoms with Crippen LogP contribution >= 0.6 is 7.82 Å². The van der Waals surface area contributed by atoms with Crippen molar-refractivity contribution in [1.82, 2.24) is 0 Å². The van der Waals surface area contributed by atoms with E-state index >= 15 is 0 Å². The molecule has 2 atom stereocenters. The first-order valence-corrected chi connectivity index (χ1v) is 20.8. The number of esters is 2. The minimum atomic E-state index is -4.35. The van der Waals surface area contributed by atoms with E-state index in [9.17, 15) is 19.0 Å². The molecule has 0 fully saturated rings. The predicted molar refractivity (Wildman–Crippen MR) is 192 cm³/mol. The highest BCUT2D eigenvalue weighted by Gasteiger charge is 2.27. The van der Waals surface area contributed by atoms with Gasteiger partial charge < -0.3 is 18.9 Å². The van der Waals surface area contributed by atoms with Crippen molar-refractivity contribution in [2.45, 2.75) is 180 Å². The van der Waals surface area contributed by atoms with Crippen molar-refractivity contribution >= 4 is 19.8 Å². The molecule has 0 amide bonds. The summed E-state index contributed by atoms with van der Waals surface area (Å²) >= 11 is 0. The van der Waals surface area contributed by atoms with E-state index < -0.39 is 26.5 Å². The summed E-state index contributed by atoms with van der Waals surface area (Å²) in [5.41, 5.74) is 0. The Morgan fingerprint density at radius 1 is 0.574 bits per heavy atom. The molecule has 280 valence electrons. The summed E-state index contributed by atoms with van der Waals surface area (Å²) in [4.78, 5) is 34.9. The van der Waals surface area contributed by atoms with E-state index in [1.807, 2.05) is 21.1 Å². The number of phosphoric acid groups is 1. The number of nitrogens with zero attached hydrogens (tertiary/aromatic N) is 1. The van der Waals surface area contributed by atoms with Crippen molar-refractivity contribution in [3.63, 3.8) is 0 Å². The second-order valence-corrected chi connectivity index (χ2v) is 15.8. The standard InChI is InChI=1S/C37H74NO8P/c1-6-8-10-12-14-15-16-17-18-19-20-21-22-23-24-26-27-29-36(39)43-33-35(46-37(40)30-28-25-13-11-9-7-2)34-45-47(41,42)44-32-31-38(3,4)5/h35H,6-34H2,1-5H3/p+1. The van der Waals surface area contributed by atoms with Crippen molar-refractivity contribution in [3.8, 4) is 0 Å². The van der Waals surface area contributed by atoms with Crippen molar-refractivity contribution in [3.05, 3.63) is 0 Å². The smallest absolute Gasteiger partial charge is 0.462 e. The lowest BCUT2D eigenvalue weighted by atomic mass is 10.0. The Labute approximate surface area is 289 Å². The largest absolute Gasteiger partial charge is 0.472 e. The van der Waals surface area contributed by atoms with Gasteiger partial charge in [-0.1, -0.05) is 149 Å². The minimum Gasteiger partial charge on any atom is -0.462 e. The molecule has 0 heterocycles. The molecular weight excluding hydrogens is 617 g/mol. The summed E-state index contributed by atoms with van der Waals surface area (Å²) in [6.07, 6.45) is 27.5. The summed E-state index contributed by atoms with van der Waals surface area (Å²) in [5.74, 6) is -0.800. The monoisotopic (exact) mass is 693 g/mol. The lowest BCUT2D eigenvalue weighted by Gasteiger charge is -2.24. The van der Waals surface area contributed by atoms with Crippen LogP contribution in [-0.2, 0) is 32.7 Å². The van der Waals surface area contributed by atoms with Crippen molar-refractivity contribution < 1.29 is 42.1 Å². The molecule has 0 spiro atoms. The molecule has 0 radical (unpaired) electrons. The molecule has 0 aliphatic rings. The first kappa shape index (κ1) is 46.0. The Morgan fingerprint density at radius 3 is 1.36 bits per heavy atom. The van der Waals surface area contributed by atoms with Gasteiger partial charge in [0, 0.05) is 12.8 Å². The van der Waals surface area contributed by atoms with Crippen LogP contribution in [0.15, 0.2) is 0 Å². The van der Waals surface area contributed by atoms with Crippen LogP contribution in [0.25, 0.3) is 0 Å². The molecule has 0 rings (SSSR count). The quantitative estimate of drug-likeness (QED) is 0.0303. The normalized spacial score (nSPS) is 13.7. The molecule has 0 aliphatic carbocycles. The zero-order valence-corrected chi connectivity index (χ0v) is 32.2. The summed E-state index contributed by atoms with van der Waals surface area (Å²) in [5, 5.41) is 0. The van der Waals surface area contributed by atoms with Gasteiger partial charge in [-0.05, 0) is 12.8 Å². The molecule has 0 aliphatic heterocycles. The number of quaternary nitrogens is 1. The number of likely N-dealkylation sites (N-methyl/N-ethyl adjacent to an activating group) is 1. The molecule has 0 aromatic heterocycles. The van der Waals surface area contributed by atoms with E-state index in [-0.39, 0.29) is 25.6 Å². The highest BCUT2D eigenvalue weighted by molar-refractivity contribution is 7.47. The van der Waals surface area contributed by atoms with E-state index in [1.165, 1.54) is 96.3 Å². The SMILES string of the molecule is CCCCCCCCCCCCCCCCCCCC(=O)OCC(COP(=O)(O)OCC[N+](C)(C)C)OC(=O)CCCCCCCC. The maximum absolute atomic E-state index is 12.5. The van der Waals surface area contributed by atoms with Gasteiger partial charge in [0.2, 0.25) is 0 Å². The van der Waals surface area contributed by atoms with E-state index in [0.29, 0.717) is 23.9 Å². The Balaban J connectivity index is 4.21. The van der Waals surface area contributed by atoms with Gasteiger partial charge >= 0.3 is 19.8 Å². The molecule has 1 N–H and O–H groups in total. The number of ether oxygens (including phenoxy) is 2. The second kappa shape index (κ2) is 31.0. The maximum atomic E-state index is 12.5. The van der Waals surface area contributed by atoms with Gasteiger partial charge in [0.1, 0.15) is 19.8 Å². The predicted octanol–water partition coefficient (Wildman–Crippen LogP) is 10.1. The van der Waals surface area contributed by atoms with Gasteiger partial charge in [-0.15, -0.1) is 0 Å². The van der Waals surface area contributed by atoms with Gasteiger partial charge in [0.25, 0.3) is 0 Å². The molecule has 47 heavy (non-hydrogen) atoms. The van der Waals surface area contributed by atoms with Crippen LogP contribution in [-0.4, -0.2) is 74.9 Å². The summed E-state index contributed by atoms with van der Waals surface area (Å²) in [6, 6.07) is 0. The van der Waals surface area contributed by atoms with Crippen LogP contribution in [0.3, 0.4) is 0 Å². The molecule has 9 nitrogen and oxygen atoms in total. The summed E-state index contributed by atoms with van der Waals surface area (Å²) in [6.45, 7) is 4.36. The number of unbranched alkanes of at least 4 members (excludes halogenated alkanes) is 21. The number of hydrogen-bond donors (Lipinski definition) is 1. The second-order valence-electron chi connectivity index (χ2n) is 14.3. The first-order chi connectivity index (χ1) is 22.5. The van der Waals surface area contributed by atoms with Crippen LogP contribution in [0.4, 0.5) is 0 Å². The van der Waals surface area contributed by atoms with E-state index in [4.69, 9.17) is 18.5 Å². The van der Waals surface area contributed by atoms with E-state index in [1.54, 1.807) is 0 Å². The Bertz CT molecular complexity index is 789. The number of phosphoric ester groups is 1. The highest BCUT2D eigenvalue weighted by atomic mass is 31.2. The van der Waals surface area contributed by atoms with Crippen LogP contribution < -0.4 is 0 Å². The fraction of sp³-hybridized carbons (Fsp3) is 0.946. The molecule has 2 unspecified atom stereocenters. The van der Waals surface area contributed by atoms with Gasteiger partial charge in [0.15, 0.2) is 6.10 Å². The first-order valence-electron chi connectivity index (χ1n) is 19.3. The van der Waals surface area contributed by atoms with E-state index in [2.05, 4.69) is 13.8 Å². The number of carbonyl (C=O) groups is 2. The number of hydrogen-bond acceptors (Lipinski definition) is 7. The number of carbonyl (C=O) groups excluding carboxylic acids is 2. The van der Waals surface area contributed by atoms with Crippen LogP contribution in [0.5, 0.6) is 0 Å². The van der Waals surface area contributed by atoms with Crippen molar-refractivity contribution in [2.24, 2.45) is 0 Å². The zero-order chi connectivity index (χ0) is 35.1. The fourth-order valence-electron chi connectivity index (χ4n) is 5.31. The van der Waals surface area contributed by atoms with Crippen molar-refractivity contribution in [2.75, 3.05) is 47.5 Å². The molecule has 0 saturated heterocycles. The summed E-state index contributed by atoms with van der Waals surface area (Å²) < 4.78 is 34.0. The maximum Gasteiger partial charge on any atom is 0.472 e.